The number of nitrogens with zero attached hydrogens (tertiary/aromatic N) is 3. The Labute approximate surface area is 272 Å². The molecule has 1 amide bonds. The molecule has 0 bridgehead atoms. The number of halogens is 1. The first-order valence-corrected chi connectivity index (χ1v) is 17.2. The number of aromatic nitrogens is 3. The monoisotopic (exact) mass is 679 g/mol. The highest BCUT2D eigenvalue weighted by Gasteiger charge is 2.57. The van der Waals surface area contributed by atoms with Gasteiger partial charge in [-0.3, -0.25) is 14.1 Å². The largest absolute Gasteiger partial charge is 0.464 e. The van der Waals surface area contributed by atoms with Gasteiger partial charge in [0.15, 0.2) is 5.82 Å². The molecule has 16 heteroatoms. The summed E-state index contributed by atoms with van der Waals surface area (Å²) in [7, 11) is -4.47. The summed E-state index contributed by atoms with van der Waals surface area (Å²) < 4.78 is 52.9. The van der Waals surface area contributed by atoms with E-state index in [0.29, 0.717) is 11.9 Å². The highest BCUT2D eigenvalue weighted by Crippen LogP contribution is 2.48. The van der Waals surface area contributed by atoms with E-state index in [1.807, 2.05) is 20.8 Å². The Bertz CT molecular complexity index is 1540. The van der Waals surface area contributed by atoms with Crippen LogP contribution in [0.15, 0.2) is 48.8 Å². The molecule has 4 N–H and O–H groups in total. The second-order valence-corrected chi connectivity index (χ2v) is 13.2. The number of anilines is 1. The molecule has 2 aromatic heterocycles. The van der Waals surface area contributed by atoms with Crippen molar-refractivity contribution in [3.05, 3.63) is 54.5 Å². The second kappa shape index (κ2) is 16.1. The number of aliphatic hydroxyl groups excluding tert-OH is 2. The number of benzene rings is 1. The maximum absolute atomic E-state index is 14.8. The summed E-state index contributed by atoms with van der Waals surface area (Å²) in [5.74, 6) is -0.438. The number of amides is 1. The first kappa shape index (κ1) is 36.4. The summed E-state index contributed by atoms with van der Waals surface area (Å²) in [4.78, 5) is 29.1. The molecule has 0 radical (unpaired) electrons. The molecule has 14 nitrogen and oxygen atoms in total. The molecule has 1 saturated heterocycles. The summed E-state index contributed by atoms with van der Waals surface area (Å²) in [6, 6.07) is 9.96. The number of nitrogens with one attached hydrogen (secondary N) is 2. The first-order valence-electron chi connectivity index (χ1n) is 15.7. The van der Waals surface area contributed by atoms with Gasteiger partial charge >= 0.3 is 13.7 Å². The molecule has 0 aliphatic carbocycles. The van der Waals surface area contributed by atoms with Gasteiger partial charge in [-0.25, -0.2) is 18.5 Å². The molecule has 0 saturated carbocycles. The van der Waals surface area contributed by atoms with Crippen molar-refractivity contribution in [1.82, 2.24) is 19.7 Å². The average molecular weight is 680 g/mol. The van der Waals surface area contributed by atoms with Crippen molar-refractivity contribution in [3.63, 3.8) is 0 Å². The van der Waals surface area contributed by atoms with E-state index in [1.165, 1.54) is 36.0 Å². The fourth-order valence-electron chi connectivity index (χ4n) is 5.10. The summed E-state index contributed by atoms with van der Waals surface area (Å²) in [5.41, 5.74) is -1.59. The summed E-state index contributed by atoms with van der Waals surface area (Å²) in [5, 5.41) is 31.6. The minimum atomic E-state index is -4.47. The number of rotatable bonds is 17. The van der Waals surface area contributed by atoms with Crippen LogP contribution < -0.4 is 14.9 Å². The van der Waals surface area contributed by atoms with E-state index in [4.69, 9.17) is 18.5 Å². The maximum atomic E-state index is 14.8. The Hall–Kier alpha value is -3.46. The Morgan fingerprint density at radius 1 is 1.15 bits per heavy atom. The number of carbonyl (C=O) groups excluding carboxylic acids is 2. The Balaban J connectivity index is 1.55. The molecule has 1 fully saturated rings. The van der Waals surface area contributed by atoms with Crippen LogP contribution in [0.5, 0.6) is 5.75 Å². The highest BCUT2D eigenvalue weighted by molar-refractivity contribution is 7.52. The Kier molecular flexibility index (Phi) is 12.5. The van der Waals surface area contributed by atoms with Crippen LogP contribution in [0.3, 0.4) is 0 Å². The van der Waals surface area contributed by atoms with Crippen LogP contribution in [0.2, 0.25) is 0 Å². The quantitative estimate of drug-likeness (QED) is 0.118. The lowest BCUT2D eigenvalue weighted by atomic mass is 9.96. The van der Waals surface area contributed by atoms with Crippen LogP contribution in [-0.2, 0) is 28.2 Å². The lowest BCUT2D eigenvalue weighted by Gasteiger charge is -2.31. The van der Waals surface area contributed by atoms with Gasteiger partial charge in [0.1, 0.15) is 54.2 Å². The van der Waals surface area contributed by atoms with Crippen LogP contribution in [-0.4, -0.2) is 80.4 Å². The molecule has 1 aromatic carbocycles. The van der Waals surface area contributed by atoms with Gasteiger partial charge < -0.3 is 29.5 Å². The average Bonchev–Trinajstić information content (AvgIpc) is 3.60. The van der Waals surface area contributed by atoms with E-state index < -0.39 is 57.0 Å². The van der Waals surface area contributed by atoms with Crippen molar-refractivity contribution in [2.75, 3.05) is 25.2 Å². The van der Waals surface area contributed by atoms with Crippen molar-refractivity contribution in [3.8, 4) is 5.75 Å². The fourth-order valence-corrected chi connectivity index (χ4v) is 6.65. The van der Waals surface area contributed by atoms with Crippen LogP contribution in [0.1, 0.15) is 65.2 Å². The molecule has 3 aromatic rings. The molecule has 3 heterocycles. The number of hydrogen-bond acceptors (Lipinski definition) is 11. The van der Waals surface area contributed by atoms with Gasteiger partial charge in [-0.1, -0.05) is 51.8 Å². The van der Waals surface area contributed by atoms with E-state index in [0.717, 1.165) is 12.8 Å². The maximum Gasteiger partial charge on any atom is 0.459 e. The van der Waals surface area contributed by atoms with Gasteiger partial charge in [-0.15, -0.1) is 0 Å². The Morgan fingerprint density at radius 3 is 2.53 bits per heavy atom. The zero-order valence-corrected chi connectivity index (χ0v) is 27.8. The van der Waals surface area contributed by atoms with E-state index >= 15 is 0 Å². The molecule has 47 heavy (non-hydrogen) atoms. The zero-order valence-electron chi connectivity index (χ0n) is 26.9. The lowest BCUT2D eigenvalue weighted by Crippen LogP contribution is -2.49. The van der Waals surface area contributed by atoms with Crippen LogP contribution in [0.4, 0.5) is 10.2 Å². The predicted molar refractivity (Wildman–Crippen MR) is 169 cm³/mol. The first-order chi connectivity index (χ1) is 22.5. The molecule has 1 aliphatic heterocycles. The van der Waals surface area contributed by atoms with Gasteiger partial charge in [0, 0.05) is 6.42 Å². The number of carbonyl (C=O) groups is 2. The van der Waals surface area contributed by atoms with Gasteiger partial charge in [0.2, 0.25) is 5.91 Å². The number of aliphatic hydroxyl groups is 2. The fraction of sp³-hybridized carbons (Fsp3) is 0.548. The second-order valence-electron chi connectivity index (χ2n) is 11.5. The lowest BCUT2D eigenvalue weighted by molar-refractivity contribution is -0.147. The third-order valence-electron chi connectivity index (χ3n) is 8.04. The minimum Gasteiger partial charge on any atom is -0.464 e. The third-order valence-corrected chi connectivity index (χ3v) is 9.66. The van der Waals surface area contributed by atoms with E-state index in [9.17, 15) is 28.8 Å². The van der Waals surface area contributed by atoms with E-state index in [-0.39, 0.29) is 42.1 Å². The van der Waals surface area contributed by atoms with Crippen LogP contribution in [0, 0.1) is 5.92 Å². The molecule has 0 spiro atoms. The number of hydrogen-bond donors (Lipinski definition) is 4. The van der Waals surface area contributed by atoms with Crippen molar-refractivity contribution in [2.24, 2.45) is 5.92 Å². The molecule has 4 rings (SSSR count). The highest BCUT2D eigenvalue weighted by atomic mass is 31.2. The number of ether oxygens (including phenoxy) is 2. The molecule has 258 valence electrons. The zero-order chi connectivity index (χ0) is 34.2. The van der Waals surface area contributed by atoms with Crippen molar-refractivity contribution < 1.29 is 47.3 Å². The summed E-state index contributed by atoms with van der Waals surface area (Å²) in [6.07, 6.45) is -1.09. The number of fused-ring (bicyclic) bond motifs is 1. The molecular formula is C31H43FN5O9P. The smallest absolute Gasteiger partial charge is 0.459 e. The van der Waals surface area contributed by atoms with Crippen molar-refractivity contribution in [2.45, 2.75) is 83.3 Å². The number of alkyl halides is 1. The summed E-state index contributed by atoms with van der Waals surface area (Å²) >= 11 is 0. The SMILES string of the molecule is CCCC(=O)Nc1ncnn2c([C@@H]3O[C@](CF)(CO[P@@](=O)(N[C@@H](C)C(=O)OCC(CC)CC)Oc4ccccc4)[C@@H](O)[C@H]3O)ccc12. The molecule has 1 aliphatic rings. The van der Waals surface area contributed by atoms with E-state index in [2.05, 4.69) is 20.5 Å². The standard InChI is InChI=1S/C31H43FN5O9P/c1-5-11-25(38)35-29-24-15-14-23(37(24)34-19-33-29)27-26(39)28(40)31(17-32,45-27)18-44-47(42,46-22-12-9-8-10-13-22)36-20(4)30(41)43-16-21(6-2)7-3/h8-10,12-15,19-21,26-28,39-40H,5-7,11,16-18H2,1-4H3,(H,36,42)(H,33,34,35,38)/t20-,26-,27-,28-,31+,47-/m0/s1. The van der Waals surface area contributed by atoms with E-state index in [1.54, 1.807) is 24.3 Å². The Morgan fingerprint density at radius 2 is 1.87 bits per heavy atom. The van der Waals surface area contributed by atoms with Gasteiger partial charge in [0.05, 0.1) is 18.9 Å². The summed E-state index contributed by atoms with van der Waals surface area (Å²) in [6.45, 7) is 5.24. The van der Waals surface area contributed by atoms with Crippen molar-refractivity contribution in [1.29, 1.82) is 0 Å². The third kappa shape index (κ3) is 8.53. The molecule has 0 unspecified atom stereocenters. The minimum absolute atomic E-state index is 0.127. The van der Waals surface area contributed by atoms with Gasteiger partial charge in [-0.2, -0.15) is 10.2 Å². The van der Waals surface area contributed by atoms with Crippen molar-refractivity contribution >= 4 is 31.0 Å². The van der Waals surface area contributed by atoms with Gasteiger partial charge in [0.25, 0.3) is 0 Å². The number of esters is 1. The van der Waals surface area contributed by atoms with Crippen LogP contribution in [0.25, 0.3) is 5.52 Å². The van der Waals surface area contributed by atoms with Crippen LogP contribution >= 0.6 is 7.75 Å². The molecule has 6 atom stereocenters. The topological polar surface area (TPSA) is 183 Å². The predicted octanol–water partition coefficient (Wildman–Crippen LogP) is 4.13. The molecular weight excluding hydrogens is 636 g/mol. The number of para-hydroxylation sites is 1. The van der Waals surface area contributed by atoms with Gasteiger partial charge in [-0.05, 0) is 43.5 Å². The normalized spacial score (nSPS) is 23.0.